The third-order valence-corrected chi connectivity index (χ3v) is 2.57. The van der Waals surface area contributed by atoms with Crippen molar-refractivity contribution in [2.75, 3.05) is 14.1 Å². The lowest BCUT2D eigenvalue weighted by Crippen LogP contribution is -2.53. The second-order valence-corrected chi connectivity index (χ2v) is 5.76. The zero-order valence-corrected chi connectivity index (χ0v) is 10.4. The van der Waals surface area contributed by atoms with Gasteiger partial charge in [-0.1, -0.05) is 20.8 Å². The van der Waals surface area contributed by atoms with Crippen molar-refractivity contribution >= 4 is 5.97 Å². The molecule has 1 N–H and O–H groups in total. The quantitative estimate of drug-likeness (QED) is 0.760. The van der Waals surface area contributed by atoms with E-state index in [9.17, 15) is 9.90 Å². The Bertz CT molecular complexity index is 214. The van der Waals surface area contributed by atoms with E-state index in [0.29, 0.717) is 0 Å². The summed E-state index contributed by atoms with van der Waals surface area (Å²) in [6.07, 6.45) is 0. The van der Waals surface area contributed by atoms with Crippen molar-refractivity contribution in [2.24, 2.45) is 10.8 Å². The van der Waals surface area contributed by atoms with Crippen molar-refractivity contribution in [3.05, 3.63) is 0 Å². The summed E-state index contributed by atoms with van der Waals surface area (Å²) >= 11 is 0. The zero-order valence-electron chi connectivity index (χ0n) is 10.4. The molecule has 0 saturated heterocycles. The van der Waals surface area contributed by atoms with Crippen LogP contribution in [-0.2, 0) is 4.79 Å². The topological polar surface area (TPSA) is 40.5 Å². The van der Waals surface area contributed by atoms with E-state index in [4.69, 9.17) is 0 Å². The van der Waals surface area contributed by atoms with Crippen LogP contribution in [0.4, 0.5) is 0 Å². The highest BCUT2D eigenvalue weighted by molar-refractivity contribution is 5.74. The molecule has 0 fully saturated rings. The molecule has 0 aromatic rings. The number of carbonyl (C=O) groups is 1. The Kier molecular flexibility index (Phi) is 3.73. The van der Waals surface area contributed by atoms with Crippen molar-refractivity contribution < 1.29 is 9.90 Å². The first kappa shape index (κ1) is 13.4. The molecule has 0 aromatic carbocycles. The number of hydrogen-bond donors (Lipinski definition) is 1. The Hall–Kier alpha value is -0.570. The van der Waals surface area contributed by atoms with E-state index in [1.54, 1.807) is 13.8 Å². The van der Waals surface area contributed by atoms with Crippen molar-refractivity contribution in [2.45, 2.75) is 40.7 Å². The van der Waals surface area contributed by atoms with Gasteiger partial charge in [0.15, 0.2) is 0 Å². The molecule has 0 rings (SSSR count). The largest absolute Gasteiger partial charge is 0.481 e. The molecule has 84 valence electrons. The van der Waals surface area contributed by atoms with Crippen LogP contribution in [0.5, 0.6) is 0 Å². The molecule has 0 aliphatic heterocycles. The predicted molar refractivity (Wildman–Crippen MR) is 58.3 cm³/mol. The molecule has 14 heavy (non-hydrogen) atoms. The fourth-order valence-electron chi connectivity index (χ4n) is 2.62. The first-order valence-corrected chi connectivity index (χ1v) is 4.91. The normalized spacial score (nSPS) is 15.7. The summed E-state index contributed by atoms with van der Waals surface area (Å²) in [6.45, 7) is 9.78. The van der Waals surface area contributed by atoms with Gasteiger partial charge in [0, 0.05) is 6.04 Å². The number of hydrogen-bond acceptors (Lipinski definition) is 2. The Labute approximate surface area is 87.1 Å². The summed E-state index contributed by atoms with van der Waals surface area (Å²) < 4.78 is 0. The van der Waals surface area contributed by atoms with Gasteiger partial charge in [-0.25, -0.2) is 0 Å². The molecule has 0 aliphatic rings. The van der Waals surface area contributed by atoms with Gasteiger partial charge in [0.1, 0.15) is 0 Å². The van der Waals surface area contributed by atoms with Crippen LogP contribution in [0.15, 0.2) is 0 Å². The van der Waals surface area contributed by atoms with Crippen LogP contribution in [0.2, 0.25) is 0 Å². The van der Waals surface area contributed by atoms with Gasteiger partial charge < -0.3 is 10.0 Å². The minimum atomic E-state index is -0.744. The average molecular weight is 201 g/mol. The maximum atomic E-state index is 11.2. The molecular formula is C11H23NO2. The number of nitrogens with zero attached hydrogens (tertiary/aromatic N) is 1. The lowest BCUT2D eigenvalue weighted by molar-refractivity contribution is -0.153. The number of carboxylic acids is 1. The molecule has 0 radical (unpaired) electrons. The van der Waals surface area contributed by atoms with Crippen molar-refractivity contribution in [3.63, 3.8) is 0 Å². The summed E-state index contributed by atoms with van der Waals surface area (Å²) in [4.78, 5) is 13.2. The van der Waals surface area contributed by atoms with Crippen LogP contribution in [0, 0.1) is 10.8 Å². The van der Waals surface area contributed by atoms with Gasteiger partial charge in [-0.05, 0) is 33.4 Å². The smallest absolute Gasteiger partial charge is 0.310 e. The highest BCUT2D eigenvalue weighted by Crippen LogP contribution is 2.36. The SMILES string of the molecule is CN(C)C(C(C)(C)C)C(C)(C)C(=O)O. The zero-order chi connectivity index (χ0) is 11.7. The Balaban J connectivity index is 5.13. The number of aliphatic carboxylic acids is 1. The highest BCUT2D eigenvalue weighted by Gasteiger charge is 2.44. The van der Waals surface area contributed by atoms with Crippen LogP contribution < -0.4 is 0 Å². The van der Waals surface area contributed by atoms with E-state index in [2.05, 4.69) is 20.8 Å². The van der Waals surface area contributed by atoms with Gasteiger partial charge in [-0.2, -0.15) is 0 Å². The van der Waals surface area contributed by atoms with Crippen molar-refractivity contribution in [1.82, 2.24) is 4.90 Å². The van der Waals surface area contributed by atoms with Crippen molar-refractivity contribution in [3.8, 4) is 0 Å². The Morgan fingerprint density at radius 2 is 1.50 bits per heavy atom. The number of rotatable bonds is 3. The third-order valence-electron chi connectivity index (χ3n) is 2.57. The molecule has 3 heteroatoms. The van der Waals surface area contributed by atoms with Gasteiger partial charge in [-0.15, -0.1) is 0 Å². The predicted octanol–water partition coefficient (Wildman–Crippen LogP) is 2.07. The molecule has 0 saturated carbocycles. The first-order valence-electron chi connectivity index (χ1n) is 4.91. The van der Waals surface area contributed by atoms with Gasteiger partial charge in [0.05, 0.1) is 5.41 Å². The van der Waals surface area contributed by atoms with Gasteiger partial charge >= 0.3 is 5.97 Å². The second-order valence-electron chi connectivity index (χ2n) is 5.76. The highest BCUT2D eigenvalue weighted by atomic mass is 16.4. The number of carboxylic acid groups (broad SMARTS) is 1. The molecule has 1 atom stereocenters. The molecule has 1 unspecified atom stereocenters. The van der Waals surface area contributed by atoms with E-state index < -0.39 is 11.4 Å². The molecule has 3 nitrogen and oxygen atoms in total. The summed E-state index contributed by atoms with van der Waals surface area (Å²) in [5.41, 5.74) is -0.785. The van der Waals surface area contributed by atoms with E-state index in [-0.39, 0.29) is 11.5 Å². The molecule has 0 bridgehead atoms. The maximum Gasteiger partial charge on any atom is 0.310 e. The van der Waals surface area contributed by atoms with Gasteiger partial charge in [0.2, 0.25) is 0 Å². The van der Waals surface area contributed by atoms with Crippen LogP contribution in [0.1, 0.15) is 34.6 Å². The minimum Gasteiger partial charge on any atom is -0.481 e. The fourth-order valence-corrected chi connectivity index (χ4v) is 2.62. The van der Waals surface area contributed by atoms with Gasteiger partial charge in [0.25, 0.3) is 0 Å². The molecule has 0 amide bonds. The van der Waals surface area contributed by atoms with Crippen LogP contribution in [0.3, 0.4) is 0 Å². The van der Waals surface area contributed by atoms with E-state index >= 15 is 0 Å². The second kappa shape index (κ2) is 3.89. The summed E-state index contributed by atoms with van der Waals surface area (Å²) in [5, 5.41) is 9.20. The molecule has 0 spiro atoms. The monoisotopic (exact) mass is 201 g/mol. The van der Waals surface area contributed by atoms with E-state index in [1.807, 2.05) is 19.0 Å². The fraction of sp³-hybridized carbons (Fsp3) is 0.909. The Morgan fingerprint density at radius 3 is 1.57 bits per heavy atom. The standard InChI is InChI=1S/C11H23NO2/c1-10(2,3)8(12(6)7)11(4,5)9(13)14/h8H,1-7H3,(H,13,14). The maximum absolute atomic E-state index is 11.2. The van der Waals surface area contributed by atoms with E-state index in [0.717, 1.165) is 0 Å². The summed E-state index contributed by atoms with van der Waals surface area (Å²) in [6, 6.07) is 0.00694. The van der Waals surface area contributed by atoms with Gasteiger partial charge in [-0.3, -0.25) is 4.79 Å². The summed E-state index contributed by atoms with van der Waals surface area (Å²) in [5.74, 6) is -0.744. The third kappa shape index (κ3) is 2.71. The van der Waals surface area contributed by atoms with Crippen molar-refractivity contribution in [1.29, 1.82) is 0 Å². The molecule has 0 aliphatic carbocycles. The molecule has 0 aromatic heterocycles. The molecular weight excluding hydrogens is 178 g/mol. The lowest BCUT2D eigenvalue weighted by atomic mass is 9.70. The lowest BCUT2D eigenvalue weighted by Gasteiger charge is -2.44. The summed E-state index contributed by atoms with van der Waals surface area (Å²) in [7, 11) is 3.86. The van der Waals surface area contributed by atoms with Crippen LogP contribution in [0.25, 0.3) is 0 Å². The van der Waals surface area contributed by atoms with Crippen LogP contribution >= 0.6 is 0 Å². The minimum absolute atomic E-state index is 0.00694. The van der Waals surface area contributed by atoms with Crippen LogP contribution in [-0.4, -0.2) is 36.1 Å². The average Bonchev–Trinajstić information content (AvgIpc) is 1.79. The first-order chi connectivity index (χ1) is 6.01. The van der Waals surface area contributed by atoms with E-state index in [1.165, 1.54) is 0 Å². The Morgan fingerprint density at radius 1 is 1.14 bits per heavy atom. The molecule has 0 heterocycles.